The highest BCUT2D eigenvalue weighted by atomic mass is 14.9. The van der Waals surface area contributed by atoms with Gasteiger partial charge in [0.1, 0.15) is 0 Å². The summed E-state index contributed by atoms with van der Waals surface area (Å²) in [6.45, 7) is 5.71. The summed E-state index contributed by atoms with van der Waals surface area (Å²) in [4.78, 5) is 0. The van der Waals surface area contributed by atoms with E-state index in [4.69, 9.17) is 0 Å². The summed E-state index contributed by atoms with van der Waals surface area (Å²) in [5.41, 5.74) is 3.33. The van der Waals surface area contributed by atoms with Crippen LogP contribution in [0.3, 0.4) is 0 Å². The van der Waals surface area contributed by atoms with Crippen molar-refractivity contribution in [1.29, 1.82) is 0 Å². The van der Waals surface area contributed by atoms with Crippen molar-refractivity contribution in [3.8, 4) is 0 Å². The standard InChI is InChI=1S/C14H21N/c1-3-9-14(10-4-2)11-15-13-8-6-5-7-12(13)14/h5-8,15H,3-4,9-11H2,1-2H3. The molecule has 82 valence electrons. The Morgan fingerprint density at radius 1 is 1.13 bits per heavy atom. The summed E-state index contributed by atoms with van der Waals surface area (Å²) in [7, 11) is 0. The van der Waals surface area contributed by atoms with Gasteiger partial charge in [-0.3, -0.25) is 0 Å². The van der Waals surface area contributed by atoms with E-state index in [0.29, 0.717) is 5.41 Å². The van der Waals surface area contributed by atoms with Crippen LogP contribution in [0, 0.1) is 0 Å². The number of anilines is 1. The molecule has 1 aliphatic heterocycles. The SMILES string of the molecule is CCCC1(CCC)CNc2ccccc21. The number of nitrogens with one attached hydrogen (secondary N) is 1. The molecule has 1 aliphatic rings. The van der Waals surface area contributed by atoms with Gasteiger partial charge < -0.3 is 5.32 Å². The smallest absolute Gasteiger partial charge is 0.0379 e. The third kappa shape index (κ3) is 1.75. The molecule has 0 saturated carbocycles. The van der Waals surface area contributed by atoms with Crippen LogP contribution in [0.4, 0.5) is 5.69 Å². The highest BCUT2D eigenvalue weighted by molar-refractivity contribution is 5.60. The van der Waals surface area contributed by atoms with Crippen molar-refractivity contribution in [2.45, 2.75) is 44.9 Å². The average Bonchev–Trinajstić information content (AvgIpc) is 2.60. The minimum atomic E-state index is 0.417. The van der Waals surface area contributed by atoms with Crippen LogP contribution in [-0.2, 0) is 5.41 Å². The molecule has 0 spiro atoms. The van der Waals surface area contributed by atoms with Gasteiger partial charge in [-0.05, 0) is 24.5 Å². The molecule has 0 fully saturated rings. The molecule has 1 heteroatoms. The monoisotopic (exact) mass is 203 g/mol. The Hall–Kier alpha value is -0.980. The number of benzene rings is 1. The molecule has 0 saturated heterocycles. The van der Waals surface area contributed by atoms with E-state index in [0.717, 1.165) is 6.54 Å². The van der Waals surface area contributed by atoms with Crippen LogP contribution < -0.4 is 5.32 Å². The fourth-order valence-electron chi connectivity index (χ4n) is 2.99. The van der Waals surface area contributed by atoms with Crippen molar-refractivity contribution in [3.63, 3.8) is 0 Å². The maximum atomic E-state index is 3.56. The molecular formula is C14H21N. The lowest BCUT2D eigenvalue weighted by Crippen LogP contribution is -2.28. The Kier molecular flexibility index (Phi) is 2.99. The number of hydrogen-bond donors (Lipinski definition) is 1. The Morgan fingerprint density at radius 3 is 2.47 bits per heavy atom. The Balaban J connectivity index is 2.35. The minimum Gasteiger partial charge on any atom is -0.384 e. The third-order valence-electron chi connectivity index (χ3n) is 3.57. The van der Waals surface area contributed by atoms with Gasteiger partial charge in [-0.1, -0.05) is 44.9 Å². The van der Waals surface area contributed by atoms with E-state index in [9.17, 15) is 0 Å². The van der Waals surface area contributed by atoms with Crippen LogP contribution in [-0.4, -0.2) is 6.54 Å². The van der Waals surface area contributed by atoms with Crippen molar-refractivity contribution < 1.29 is 0 Å². The largest absolute Gasteiger partial charge is 0.384 e. The van der Waals surface area contributed by atoms with Gasteiger partial charge in [-0.2, -0.15) is 0 Å². The van der Waals surface area contributed by atoms with Gasteiger partial charge in [0.05, 0.1) is 0 Å². The van der Waals surface area contributed by atoms with Gasteiger partial charge in [-0.25, -0.2) is 0 Å². The molecule has 0 aliphatic carbocycles. The van der Waals surface area contributed by atoms with Crippen molar-refractivity contribution in [2.24, 2.45) is 0 Å². The summed E-state index contributed by atoms with van der Waals surface area (Å²) < 4.78 is 0. The predicted molar refractivity (Wildman–Crippen MR) is 66.4 cm³/mol. The minimum absolute atomic E-state index is 0.417. The van der Waals surface area contributed by atoms with Crippen LogP contribution in [0.1, 0.15) is 45.1 Å². The molecule has 0 aromatic heterocycles. The van der Waals surface area contributed by atoms with Gasteiger partial charge in [0.2, 0.25) is 0 Å². The van der Waals surface area contributed by atoms with E-state index >= 15 is 0 Å². The van der Waals surface area contributed by atoms with E-state index < -0.39 is 0 Å². The van der Waals surface area contributed by atoms with Crippen molar-refractivity contribution in [2.75, 3.05) is 11.9 Å². The summed E-state index contributed by atoms with van der Waals surface area (Å²) in [5.74, 6) is 0. The zero-order valence-electron chi connectivity index (χ0n) is 9.84. The normalized spacial score (nSPS) is 17.2. The van der Waals surface area contributed by atoms with E-state index in [1.165, 1.54) is 31.4 Å². The lowest BCUT2D eigenvalue weighted by atomic mass is 9.75. The molecule has 1 N–H and O–H groups in total. The average molecular weight is 203 g/mol. The molecule has 0 atom stereocenters. The van der Waals surface area contributed by atoms with E-state index in [-0.39, 0.29) is 0 Å². The fourth-order valence-corrected chi connectivity index (χ4v) is 2.99. The predicted octanol–water partition coefficient (Wildman–Crippen LogP) is 3.95. The number of rotatable bonds is 4. The van der Waals surface area contributed by atoms with Crippen LogP contribution >= 0.6 is 0 Å². The molecule has 2 rings (SSSR count). The lowest BCUT2D eigenvalue weighted by Gasteiger charge is -2.28. The van der Waals surface area contributed by atoms with E-state index in [2.05, 4.69) is 43.4 Å². The molecule has 15 heavy (non-hydrogen) atoms. The molecule has 0 unspecified atom stereocenters. The van der Waals surface area contributed by atoms with Crippen molar-refractivity contribution >= 4 is 5.69 Å². The van der Waals surface area contributed by atoms with Gasteiger partial charge in [0, 0.05) is 17.6 Å². The number of fused-ring (bicyclic) bond motifs is 1. The summed E-state index contributed by atoms with van der Waals surface area (Å²) >= 11 is 0. The van der Waals surface area contributed by atoms with Crippen LogP contribution in [0.2, 0.25) is 0 Å². The summed E-state index contributed by atoms with van der Waals surface area (Å²) in [6, 6.07) is 8.81. The Labute approximate surface area is 92.9 Å². The van der Waals surface area contributed by atoms with Crippen molar-refractivity contribution in [3.05, 3.63) is 29.8 Å². The lowest BCUT2D eigenvalue weighted by molar-refractivity contribution is 0.391. The van der Waals surface area contributed by atoms with Crippen LogP contribution in [0.15, 0.2) is 24.3 Å². The molecule has 0 bridgehead atoms. The first-order chi connectivity index (χ1) is 7.32. The molecule has 1 aromatic rings. The highest BCUT2D eigenvalue weighted by Crippen LogP contribution is 2.43. The zero-order chi connectivity index (χ0) is 10.7. The molecule has 1 heterocycles. The summed E-state index contributed by atoms with van der Waals surface area (Å²) in [6.07, 6.45) is 5.17. The first-order valence-corrected chi connectivity index (χ1v) is 6.16. The summed E-state index contributed by atoms with van der Waals surface area (Å²) in [5, 5.41) is 3.56. The first kappa shape index (κ1) is 10.5. The van der Waals surface area contributed by atoms with E-state index in [1.54, 1.807) is 5.56 Å². The molecule has 0 radical (unpaired) electrons. The van der Waals surface area contributed by atoms with Crippen molar-refractivity contribution in [1.82, 2.24) is 0 Å². The maximum Gasteiger partial charge on any atom is 0.0379 e. The zero-order valence-corrected chi connectivity index (χ0v) is 9.84. The molecule has 1 nitrogen and oxygen atoms in total. The second-order valence-electron chi connectivity index (χ2n) is 4.68. The van der Waals surface area contributed by atoms with Gasteiger partial charge >= 0.3 is 0 Å². The van der Waals surface area contributed by atoms with Gasteiger partial charge in [0.25, 0.3) is 0 Å². The number of hydrogen-bond acceptors (Lipinski definition) is 1. The Bertz CT molecular complexity index is 318. The topological polar surface area (TPSA) is 12.0 Å². The second-order valence-corrected chi connectivity index (χ2v) is 4.68. The van der Waals surface area contributed by atoms with Gasteiger partial charge in [-0.15, -0.1) is 0 Å². The van der Waals surface area contributed by atoms with Crippen LogP contribution in [0.5, 0.6) is 0 Å². The molecular weight excluding hydrogens is 182 g/mol. The highest BCUT2D eigenvalue weighted by Gasteiger charge is 2.36. The fraction of sp³-hybridized carbons (Fsp3) is 0.571. The second kappa shape index (κ2) is 4.26. The third-order valence-corrected chi connectivity index (χ3v) is 3.57. The molecule has 1 aromatic carbocycles. The molecule has 0 amide bonds. The van der Waals surface area contributed by atoms with E-state index in [1.807, 2.05) is 0 Å². The Morgan fingerprint density at radius 2 is 1.80 bits per heavy atom. The quantitative estimate of drug-likeness (QED) is 0.781. The first-order valence-electron chi connectivity index (χ1n) is 6.16. The van der Waals surface area contributed by atoms with Crippen LogP contribution in [0.25, 0.3) is 0 Å². The number of para-hydroxylation sites is 1. The van der Waals surface area contributed by atoms with Gasteiger partial charge in [0.15, 0.2) is 0 Å². The maximum absolute atomic E-state index is 3.56.